The van der Waals surface area contributed by atoms with E-state index in [2.05, 4.69) is 42.9 Å². The molecule has 1 aliphatic carbocycles. The van der Waals surface area contributed by atoms with E-state index in [9.17, 15) is 0 Å². The summed E-state index contributed by atoms with van der Waals surface area (Å²) in [7, 11) is 2.19. The maximum atomic E-state index is 6.36. The van der Waals surface area contributed by atoms with Crippen LogP contribution in [0.4, 0.5) is 0 Å². The van der Waals surface area contributed by atoms with Gasteiger partial charge in [0.1, 0.15) is 0 Å². The average molecular weight is 261 g/mol. The number of nitrogens with zero attached hydrogens (tertiary/aromatic N) is 2. The molecule has 1 aliphatic rings. The molecule has 2 rings (SSSR count). The van der Waals surface area contributed by atoms with Crippen molar-refractivity contribution in [2.45, 2.75) is 39.3 Å². The monoisotopic (exact) mass is 261 g/mol. The van der Waals surface area contributed by atoms with E-state index in [1.807, 2.05) is 12.4 Å². The van der Waals surface area contributed by atoms with Gasteiger partial charge in [-0.1, -0.05) is 13.8 Å². The van der Waals surface area contributed by atoms with Crippen LogP contribution in [0.1, 0.15) is 32.3 Å². The molecule has 0 saturated heterocycles. The molecular weight excluding hydrogens is 234 g/mol. The molecule has 106 valence electrons. The highest BCUT2D eigenvalue weighted by molar-refractivity contribution is 5.09. The number of rotatable bonds is 4. The summed E-state index contributed by atoms with van der Waals surface area (Å²) in [5.41, 5.74) is 7.69. The van der Waals surface area contributed by atoms with Crippen molar-refractivity contribution in [2.75, 3.05) is 13.6 Å². The summed E-state index contributed by atoms with van der Waals surface area (Å²) in [6.45, 7) is 6.76. The molecule has 0 bridgehead atoms. The maximum Gasteiger partial charge on any atom is 0.0271 e. The van der Waals surface area contributed by atoms with E-state index in [1.165, 1.54) is 18.4 Å². The second-order valence-corrected chi connectivity index (χ2v) is 6.43. The number of pyridine rings is 1. The molecule has 4 unspecified atom stereocenters. The second kappa shape index (κ2) is 6.49. The first-order valence-corrected chi connectivity index (χ1v) is 7.39. The lowest BCUT2D eigenvalue weighted by atomic mass is 9.72. The molecule has 19 heavy (non-hydrogen) atoms. The molecule has 2 N–H and O–H groups in total. The van der Waals surface area contributed by atoms with Crippen LogP contribution in [0.3, 0.4) is 0 Å². The smallest absolute Gasteiger partial charge is 0.0271 e. The summed E-state index contributed by atoms with van der Waals surface area (Å²) >= 11 is 0. The summed E-state index contributed by atoms with van der Waals surface area (Å²) in [6.07, 6.45) is 6.22. The van der Waals surface area contributed by atoms with E-state index in [-0.39, 0.29) is 0 Å². The van der Waals surface area contributed by atoms with Gasteiger partial charge in [-0.25, -0.2) is 0 Å². The molecule has 3 nitrogen and oxygen atoms in total. The van der Waals surface area contributed by atoms with E-state index in [0.717, 1.165) is 24.9 Å². The van der Waals surface area contributed by atoms with Crippen LogP contribution in [0.15, 0.2) is 24.5 Å². The van der Waals surface area contributed by atoms with Crippen LogP contribution >= 0.6 is 0 Å². The molecule has 1 saturated carbocycles. The normalized spacial score (nSPS) is 31.6. The average Bonchev–Trinajstić information content (AvgIpc) is 2.35. The number of hydrogen-bond donors (Lipinski definition) is 1. The molecule has 0 spiro atoms. The van der Waals surface area contributed by atoms with E-state index >= 15 is 0 Å². The van der Waals surface area contributed by atoms with Crippen molar-refractivity contribution in [3.63, 3.8) is 0 Å². The van der Waals surface area contributed by atoms with Crippen LogP contribution in [0.2, 0.25) is 0 Å². The predicted octanol–water partition coefficient (Wildman–Crippen LogP) is 2.52. The van der Waals surface area contributed by atoms with Gasteiger partial charge in [0, 0.05) is 31.5 Å². The molecule has 1 fully saturated rings. The van der Waals surface area contributed by atoms with Gasteiger partial charge < -0.3 is 10.6 Å². The Bertz CT molecular complexity index is 367. The van der Waals surface area contributed by atoms with Crippen molar-refractivity contribution >= 4 is 0 Å². The van der Waals surface area contributed by atoms with Gasteiger partial charge in [0.25, 0.3) is 0 Å². The Morgan fingerprint density at radius 1 is 1.26 bits per heavy atom. The molecule has 0 aliphatic heterocycles. The standard InChI is InChI=1S/C16H27N3/c1-12-8-13(2)15(16(17)9-12)11-19(3)10-14-4-6-18-7-5-14/h4-7,12-13,15-16H,8-11,17H2,1-3H3. The van der Waals surface area contributed by atoms with Crippen molar-refractivity contribution in [3.8, 4) is 0 Å². The Hall–Kier alpha value is -0.930. The van der Waals surface area contributed by atoms with E-state index in [0.29, 0.717) is 12.0 Å². The zero-order valence-corrected chi connectivity index (χ0v) is 12.4. The Kier molecular flexibility index (Phi) is 4.94. The predicted molar refractivity (Wildman–Crippen MR) is 79.6 cm³/mol. The van der Waals surface area contributed by atoms with E-state index < -0.39 is 0 Å². The molecule has 1 aromatic rings. The molecule has 1 aromatic heterocycles. The van der Waals surface area contributed by atoms with Crippen molar-refractivity contribution in [3.05, 3.63) is 30.1 Å². The first-order chi connectivity index (χ1) is 9.06. The minimum Gasteiger partial charge on any atom is -0.327 e. The molecule has 0 radical (unpaired) electrons. The van der Waals surface area contributed by atoms with Gasteiger partial charge in [-0.15, -0.1) is 0 Å². The molecular formula is C16H27N3. The van der Waals surface area contributed by atoms with Gasteiger partial charge in [-0.2, -0.15) is 0 Å². The molecule has 1 heterocycles. The fourth-order valence-corrected chi connectivity index (χ4v) is 3.51. The molecule has 0 amide bonds. The number of nitrogens with two attached hydrogens (primary N) is 1. The van der Waals surface area contributed by atoms with Crippen molar-refractivity contribution in [1.29, 1.82) is 0 Å². The zero-order valence-electron chi connectivity index (χ0n) is 12.4. The summed E-state index contributed by atoms with van der Waals surface area (Å²) in [5.74, 6) is 2.15. The minimum atomic E-state index is 0.360. The largest absolute Gasteiger partial charge is 0.327 e. The Labute approximate surface area is 117 Å². The lowest BCUT2D eigenvalue weighted by Crippen LogP contribution is -2.45. The first-order valence-electron chi connectivity index (χ1n) is 7.39. The summed E-state index contributed by atoms with van der Waals surface area (Å²) in [4.78, 5) is 6.46. The topological polar surface area (TPSA) is 42.2 Å². The van der Waals surface area contributed by atoms with Crippen LogP contribution in [0.25, 0.3) is 0 Å². The number of aromatic nitrogens is 1. The van der Waals surface area contributed by atoms with Gasteiger partial charge in [0.2, 0.25) is 0 Å². The SMILES string of the molecule is CC1CC(C)C(CN(C)Cc2ccncc2)C(N)C1. The van der Waals surface area contributed by atoms with Gasteiger partial charge in [-0.05, 0) is 55.3 Å². The van der Waals surface area contributed by atoms with Gasteiger partial charge in [0.05, 0.1) is 0 Å². The fraction of sp³-hybridized carbons (Fsp3) is 0.688. The summed E-state index contributed by atoms with van der Waals surface area (Å²) in [5, 5.41) is 0. The van der Waals surface area contributed by atoms with E-state index in [1.54, 1.807) is 0 Å². The quantitative estimate of drug-likeness (QED) is 0.905. The Balaban J connectivity index is 1.89. The highest BCUT2D eigenvalue weighted by atomic mass is 15.1. The third-order valence-corrected chi connectivity index (χ3v) is 4.45. The van der Waals surface area contributed by atoms with Gasteiger partial charge in [0.15, 0.2) is 0 Å². The lowest BCUT2D eigenvalue weighted by Gasteiger charge is -2.39. The van der Waals surface area contributed by atoms with Crippen LogP contribution in [-0.4, -0.2) is 29.5 Å². The third kappa shape index (κ3) is 4.02. The van der Waals surface area contributed by atoms with Crippen LogP contribution in [-0.2, 0) is 6.54 Å². The van der Waals surface area contributed by atoms with Crippen molar-refractivity contribution in [1.82, 2.24) is 9.88 Å². The molecule has 4 atom stereocenters. The minimum absolute atomic E-state index is 0.360. The summed E-state index contributed by atoms with van der Waals surface area (Å²) in [6, 6.07) is 4.53. The van der Waals surface area contributed by atoms with Crippen LogP contribution in [0, 0.1) is 17.8 Å². The number of hydrogen-bond acceptors (Lipinski definition) is 3. The zero-order chi connectivity index (χ0) is 13.8. The van der Waals surface area contributed by atoms with Gasteiger partial charge >= 0.3 is 0 Å². The lowest BCUT2D eigenvalue weighted by molar-refractivity contribution is 0.127. The molecule has 3 heteroatoms. The summed E-state index contributed by atoms with van der Waals surface area (Å²) < 4.78 is 0. The van der Waals surface area contributed by atoms with Crippen molar-refractivity contribution < 1.29 is 0 Å². The maximum absolute atomic E-state index is 6.36. The fourth-order valence-electron chi connectivity index (χ4n) is 3.51. The van der Waals surface area contributed by atoms with Crippen molar-refractivity contribution in [2.24, 2.45) is 23.5 Å². The third-order valence-electron chi connectivity index (χ3n) is 4.45. The van der Waals surface area contributed by atoms with E-state index in [4.69, 9.17) is 5.73 Å². The Morgan fingerprint density at radius 3 is 2.58 bits per heavy atom. The van der Waals surface area contributed by atoms with Crippen LogP contribution < -0.4 is 5.73 Å². The molecule has 0 aromatic carbocycles. The first kappa shape index (κ1) is 14.5. The van der Waals surface area contributed by atoms with Crippen LogP contribution in [0.5, 0.6) is 0 Å². The van der Waals surface area contributed by atoms with Gasteiger partial charge in [-0.3, -0.25) is 4.98 Å². The highest BCUT2D eigenvalue weighted by Gasteiger charge is 2.32. The Morgan fingerprint density at radius 2 is 1.95 bits per heavy atom. The highest BCUT2D eigenvalue weighted by Crippen LogP contribution is 2.33. The second-order valence-electron chi connectivity index (χ2n) is 6.43.